The summed E-state index contributed by atoms with van der Waals surface area (Å²) in [5.41, 5.74) is 0.177. The van der Waals surface area contributed by atoms with Gasteiger partial charge in [-0.05, 0) is 37.3 Å². The van der Waals surface area contributed by atoms with Crippen molar-refractivity contribution < 1.29 is 14.6 Å². The third-order valence-corrected chi connectivity index (χ3v) is 3.71. The maximum atomic E-state index is 12.2. The SMILES string of the molecule is CC(OC(=O)c1ccc(Cl)cc1O)c1nc2ccccc2c(=O)[nH]1. The highest BCUT2D eigenvalue weighted by molar-refractivity contribution is 6.30. The predicted octanol–water partition coefficient (Wildman–Crippen LogP) is 3.20. The van der Waals surface area contributed by atoms with E-state index in [4.69, 9.17) is 16.3 Å². The molecular weight excluding hydrogens is 332 g/mol. The van der Waals surface area contributed by atoms with Crippen molar-refractivity contribution >= 4 is 28.5 Å². The Kier molecular flexibility index (Phi) is 4.22. The van der Waals surface area contributed by atoms with Gasteiger partial charge in [-0.25, -0.2) is 9.78 Å². The van der Waals surface area contributed by atoms with Crippen molar-refractivity contribution in [2.24, 2.45) is 0 Å². The van der Waals surface area contributed by atoms with E-state index in [9.17, 15) is 14.7 Å². The highest BCUT2D eigenvalue weighted by Crippen LogP contribution is 2.24. The topological polar surface area (TPSA) is 92.3 Å². The van der Waals surface area contributed by atoms with Crippen LogP contribution in [0, 0.1) is 0 Å². The number of H-pyrrole nitrogens is 1. The number of hydrogen-bond acceptors (Lipinski definition) is 5. The molecule has 0 saturated heterocycles. The molecule has 1 aromatic heterocycles. The number of hydrogen-bond donors (Lipinski definition) is 2. The van der Waals surface area contributed by atoms with Crippen molar-refractivity contribution in [3.05, 3.63) is 69.2 Å². The minimum Gasteiger partial charge on any atom is -0.507 e. The van der Waals surface area contributed by atoms with Gasteiger partial charge in [-0.2, -0.15) is 0 Å². The average Bonchev–Trinajstić information content (AvgIpc) is 2.54. The molecule has 122 valence electrons. The summed E-state index contributed by atoms with van der Waals surface area (Å²) in [6.07, 6.45) is -0.801. The van der Waals surface area contributed by atoms with Crippen LogP contribution in [0.5, 0.6) is 5.75 Å². The monoisotopic (exact) mass is 344 g/mol. The summed E-state index contributed by atoms with van der Waals surface area (Å²) in [5.74, 6) is -0.798. The van der Waals surface area contributed by atoms with Gasteiger partial charge in [0.1, 0.15) is 11.3 Å². The van der Waals surface area contributed by atoms with E-state index in [-0.39, 0.29) is 22.7 Å². The van der Waals surface area contributed by atoms with Gasteiger partial charge in [-0.3, -0.25) is 4.79 Å². The molecule has 7 heteroatoms. The molecule has 0 aliphatic heterocycles. The lowest BCUT2D eigenvalue weighted by molar-refractivity contribution is 0.0317. The Balaban J connectivity index is 1.88. The highest BCUT2D eigenvalue weighted by atomic mass is 35.5. The maximum absolute atomic E-state index is 12.2. The molecule has 0 saturated carbocycles. The number of carbonyl (C=O) groups is 1. The number of benzene rings is 2. The van der Waals surface area contributed by atoms with E-state index in [1.165, 1.54) is 18.2 Å². The number of ether oxygens (including phenoxy) is 1. The second-order valence-electron chi connectivity index (χ2n) is 5.18. The van der Waals surface area contributed by atoms with Gasteiger partial charge in [0.05, 0.1) is 10.9 Å². The van der Waals surface area contributed by atoms with Crippen molar-refractivity contribution in [3.63, 3.8) is 0 Å². The van der Waals surface area contributed by atoms with Gasteiger partial charge in [0.2, 0.25) is 0 Å². The van der Waals surface area contributed by atoms with Crippen molar-refractivity contribution in [2.75, 3.05) is 0 Å². The van der Waals surface area contributed by atoms with Gasteiger partial charge >= 0.3 is 5.97 Å². The molecule has 0 aliphatic rings. The second-order valence-corrected chi connectivity index (χ2v) is 5.61. The molecule has 3 aromatic rings. The zero-order valence-electron chi connectivity index (χ0n) is 12.6. The number of para-hydroxylation sites is 1. The van der Waals surface area contributed by atoms with Crippen LogP contribution in [0.2, 0.25) is 5.02 Å². The number of fused-ring (bicyclic) bond motifs is 1. The van der Waals surface area contributed by atoms with Gasteiger partial charge < -0.3 is 14.8 Å². The Bertz CT molecular complexity index is 984. The van der Waals surface area contributed by atoms with E-state index in [0.717, 1.165) is 0 Å². The highest BCUT2D eigenvalue weighted by Gasteiger charge is 2.19. The molecule has 0 radical (unpaired) electrons. The first-order valence-electron chi connectivity index (χ1n) is 7.14. The van der Waals surface area contributed by atoms with Gasteiger partial charge in [-0.15, -0.1) is 0 Å². The average molecular weight is 345 g/mol. The van der Waals surface area contributed by atoms with Crippen LogP contribution in [0.1, 0.15) is 29.2 Å². The zero-order chi connectivity index (χ0) is 17.3. The summed E-state index contributed by atoms with van der Waals surface area (Å²) in [6.45, 7) is 1.58. The predicted molar refractivity (Wildman–Crippen MR) is 89.3 cm³/mol. The lowest BCUT2D eigenvalue weighted by Gasteiger charge is -2.13. The first kappa shape index (κ1) is 16.0. The Hall–Kier alpha value is -2.86. The largest absolute Gasteiger partial charge is 0.507 e. The normalized spacial score (nSPS) is 12.1. The molecule has 24 heavy (non-hydrogen) atoms. The maximum Gasteiger partial charge on any atom is 0.342 e. The molecule has 1 unspecified atom stereocenters. The molecule has 1 heterocycles. The number of nitrogens with zero attached hydrogens (tertiary/aromatic N) is 1. The number of carbonyl (C=O) groups excluding carboxylic acids is 1. The molecule has 1 atom stereocenters. The lowest BCUT2D eigenvalue weighted by atomic mass is 10.2. The zero-order valence-corrected chi connectivity index (χ0v) is 13.4. The molecule has 0 spiro atoms. The molecule has 0 fully saturated rings. The summed E-state index contributed by atoms with van der Waals surface area (Å²) in [5, 5.41) is 10.5. The summed E-state index contributed by atoms with van der Waals surface area (Å²) in [6, 6.07) is 11.0. The fourth-order valence-electron chi connectivity index (χ4n) is 2.25. The van der Waals surface area contributed by atoms with Crippen molar-refractivity contribution in [1.29, 1.82) is 0 Å². The third-order valence-electron chi connectivity index (χ3n) is 3.48. The molecule has 6 nitrogen and oxygen atoms in total. The number of halogens is 1. The molecular formula is C17H13ClN2O4. The van der Waals surface area contributed by atoms with Gasteiger partial charge in [0.25, 0.3) is 5.56 Å². The van der Waals surface area contributed by atoms with Crippen LogP contribution < -0.4 is 5.56 Å². The minimum atomic E-state index is -0.801. The molecule has 0 amide bonds. The summed E-state index contributed by atoms with van der Waals surface area (Å²) in [4.78, 5) is 31.1. The second kappa shape index (κ2) is 6.33. The van der Waals surface area contributed by atoms with Crippen LogP contribution >= 0.6 is 11.6 Å². The fraction of sp³-hybridized carbons (Fsp3) is 0.118. The quantitative estimate of drug-likeness (QED) is 0.712. The number of phenols is 1. The molecule has 0 bridgehead atoms. The van der Waals surface area contributed by atoms with E-state index in [2.05, 4.69) is 9.97 Å². The number of phenolic OH excluding ortho intramolecular Hbond substituents is 1. The van der Waals surface area contributed by atoms with Crippen LogP contribution in [-0.4, -0.2) is 21.0 Å². The fourth-order valence-corrected chi connectivity index (χ4v) is 2.42. The molecule has 0 aliphatic carbocycles. The Labute approximate surface area is 141 Å². The van der Waals surface area contributed by atoms with E-state index in [1.807, 2.05) is 0 Å². The van der Waals surface area contributed by atoms with E-state index >= 15 is 0 Å². The summed E-state index contributed by atoms with van der Waals surface area (Å²) >= 11 is 5.73. The first-order valence-corrected chi connectivity index (χ1v) is 7.52. The van der Waals surface area contributed by atoms with Crippen LogP contribution in [0.15, 0.2) is 47.3 Å². The van der Waals surface area contributed by atoms with Crippen molar-refractivity contribution in [2.45, 2.75) is 13.0 Å². The number of aromatic nitrogens is 2. The number of nitrogens with one attached hydrogen (secondary N) is 1. The lowest BCUT2D eigenvalue weighted by Crippen LogP contribution is -2.17. The van der Waals surface area contributed by atoms with Crippen LogP contribution in [-0.2, 0) is 4.74 Å². The van der Waals surface area contributed by atoms with E-state index in [1.54, 1.807) is 31.2 Å². The Morgan fingerprint density at radius 1 is 1.29 bits per heavy atom. The first-order chi connectivity index (χ1) is 11.5. The van der Waals surface area contributed by atoms with Crippen LogP contribution in [0.3, 0.4) is 0 Å². The summed E-state index contributed by atoms with van der Waals surface area (Å²) < 4.78 is 5.27. The number of esters is 1. The Morgan fingerprint density at radius 2 is 2.04 bits per heavy atom. The third kappa shape index (κ3) is 3.09. The standard InChI is InChI=1S/C17H13ClN2O4/c1-9(24-17(23)12-7-6-10(18)8-14(12)21)15-19-13-5-3-2-4-11(13)16(22)20-15/h2-9,21H,1H3,(H,19,20,22). The van der Waals surface area contributed by atoms with E-state index < -0.39 is 12.1 Å². The van der Waals surface area contributed by atoms with Crippen LogP contribution in [0.4, 0.5) is 0 Å². The number of aromatic hydroxyl groups is 1. The minimum absolute atomic E-state index is 0.0191. The van der Waals surface area contributed by atoms with Crippen LogP contribution in [0.25, 0.3) is 10.9 Å². The van der Waals surface area contributed by atoms with Crippen molar-refractivity contribution in [1.82, 2.24) is 9.97 Å². The van der Waals surface area contributed by atoms with Gasteiger partial charge in [-0.1, -0.05) is 23.7 Å². The molecule has 3 rings (SSSR count). The number of rotatable bonds is 3. The van der Waals surface area contributed by atoms with Gasteiger partial charge in [0, 0.05) is 5.02 Å². The van der Waals surface area contributed by atoms with E-state index in [0.29, 0.717) is 15.9 Å². The summed E-state index contributed by atoms with van der Waals surface area (Å²) in [7, 11) is 0. The van der Waals surface area contributed by atoms with Crippen molar-refractivity contribution in [3.8, 4) is 5.75 Å². The molecule has 2 aromatic carbocycles. The smallest absolute Gasteiger partial charge is 0.342 e. The Morgan fingerprint density at radius 3 is 2.79 bits per heavy atom. The van der Waals surface area contributed by atoms with Gasteiger partial charge in [0.15, 0.2) is 11.9 Å². The number of aromatic amines is 1. The molecule has 2 N–H and O–H groups in total.